The Bertz CT molecular complexity index is 926. The number of benzene rings is 2. The highest BCUT2D eigenvalue weighted by molar-refractivity contribution is 7.98. The first kappa shape index (κ1) is 21.1. The van der Waals surface area contributed by atoms with E-state index in [-0.39, 0.29) is 18.6 Å². The second kappa shape index (κ2) is 10.2. The van der Waals surface area contributed by atoms with Gasteiger partial charge in [-0.15, -0.1) is 23.1 Å². The number of hydrogen-bond acceptors (Lipinski definition) is 6. The average Bonchev–Trinajstić information content (AvgIpc) is 3.25. The summed E-state index contributed by atoms with van der Waals surface area (Å²) in [6, 6.07) is 16.5. The number of amides is 1. The van der Waals surface area contributed by atoms with Gasteiger partial charge in [0, 0.05) is 27.8 Å². The van der Waals surface area contributed by atoms with E-state index in [4.69, 9.17) is 4.74 Å². The molecule has 0 atom stereocenters. The molecule has 0 aliphatic carbocycles. The van der Waals surface area contributed by atoms with Crippen LogP contribution in [0, 0.1) is 0 Å². The van der Waals surface area contributed by atoms with Crippen LogP contribution in [0.2, 0.25) is 0 Å². The zero-order valence-corrected chi connectivity index (χ0v) is 17.9. The number of esters is 1. The Hall–Kier alpha value is -2.64. The number of thiazole rings is 1. The number of para-hydroxylation sites is 1. The van der Waals surface area contributed by atoms with Gasteiger partial charge in [-0.05, 0) is 50.2 Å². The van der Waals surface area contributed by atoms with Crippen LogP contribution in [0.25, 0.3) is 0 Å². The van der Waals surface area contributed by atoms with Crippen LogP contribution < -0.4 is 4.90 Å². The van der Waals surface area contributed by atoms with Gasteiger partial charge in [-0.2, -0.15) is 0 Å². The van der Waals surface area contributed by atoms with Crippen molar-refractivity contribution in [1.82, 2.24) is 4.98 Å². The van der Waals surface area contributed by atoms with E-state index in [1.54, 1.807) is 40.1 Å². The number of rotatable bonds is 8. The molecule has 0 saturated heterocycles. The van der Waals surface area contributed by atoms with Crippen molar-refractivity contribution in [1.29, 1.82) is 0 Å². The quantitative estimate of drug-likeness (QED) is 0.373. The fourth-order valence-corrected chi connectivity index (χ4v) is 4.22. The Morgan fingerprint density at radius 2 is 1.83 bits per heavy atom. The highest BCUT2D eigenvalue weighted by Crippen LogP contribution is 2.23. The molecule has 0 fully saturated rings. The maximum Gasteiger partial charge on any atom is 0.338 e. The lowest BCUT2D eigenvalue weighted by Crippen LogP contribution is -2.39. The van der Waals surface area contributed by atoms with Gasteiger partial charge in [-0.25, -0.2) is 9.78 Å². The summed E-state index contributed by atoms with van der Waals surface area (Å²) in [6.45, 7) is 3.55. The van der Waals surface area contributed by atoms with Crippen LogP contribution in [0.1, 0.15) is 29.9 Å². The molecule has 3 aromatic rings. The lowest BCUT2D eigenvalue weighted by molar-refractivity contribution is -0.122. The van der Waals surface area contributed by atoms with Crippen molar-refractivity contribution in [2.24, 2.45) is 0 Å². The molecule has 0 spiro atoms. The van der Waals surface area contributed by atoms with Crippen molar-refractivity contribution in [3.8, 4) is 0 Å². The zero-order chi connectivity index (χ0) is 20.6. The van der Waals surface area contributed by atoms with Crippen molar-refractivity contribution in [3.63, 3.8) is 0 Å². The minimum Gasteiger partial charge on any atom is -0.452 e. The Labute approximate surface area is 178 Å². The van der Waals surface area contributed by atoms with Crippen LogP contribution in [0.4, 0.5) is 5.69 Å². The minimum atomic E-state index is -0.508. The highest BCUT2D eigenvalue weighted by Gasteiger charge is 2.20. The standard InChI is InChI=1S/C22H22N2O3S2/c1-16(2)24(19-6-4-3-5-7-19)21(25)12-27-22(26)17-8-10-20(11-9-17)29-14-18-13-28-15-23-18/h3-11,13,15-16H,12,14H2,1-2H3. The first-order chi connectivity index (χ1) is 14.0. The Morgan fingerprint density at radius 1 is 1.10 bits per heavy atom. The predicted molar refractivity (Wildman–Crippen MR) is 117 cm³/mol. The topological polar surface area (TPSA) is 59.5 Å². The van der Waals surface area contributed by atoms with Crippen molar-refractivity contribution in [3.05, 3.63) is 76.7 Å². The van der Waals surface area contributed by atoms with Crippen molar-refractivity contribution in [2.75, 3.05) is 11.5 Å². The van der Waals surface area contributed by atoms with Gasteiger partial charge >= 0.3 is 5.97 Å². The summed E-state index contributed by atoms with van der Waals surface area (Å²) in [5.41, 5.74) is 4.06. The number of ether oxygens (including phenoxy) is 1. The average molecular weight is 427 g/mol. The van der Waals surface area contributed by atoms with Gasteiger partial charge in [0.1, 0.15) is 0 Å². The van der Waals surface area contributed by atoms with Gasteiger partial charge in [0.15, 0.2) is 6.61 Å². The van der Waals surface area contributed by atoms with Crippen LogP contribution >= 0.6 is 23.1 Å². The summed E-state index contributed by atoms with van der Waals surface area (Å²) in [4.78, 5) is 31.9. The first-order valence-corrected chi connectivity index (χ1v) is 11.1. The summed E-state index contributed by atoms with van der Waals surface area (Å²) < 4.78 is 5.26. The lowest BCUT2D eigenvalue weighted by atomic mass is 10.2. The molecule has 3 rings (SSSR count). The maximum atomic E-state index is 12.6. The van der Waals surface area contributed by atoms with Gasteiger partial charge in [0.2, 0.25) is 0 Å². The smallest absolute Gasteiger partial charge is 0.338 e. The second-order valence-corrected chi connectivity index (χ2v) is 8.33. The molecule has 0 aliphatic heterocycles. The molecule has 2 aromatic carbocycles. The van der Waals surface area contributed by atoms with E-state index in [1.165, 1.54) is 0 Å². The number of aromatic nitrogens is 1. The fraction of sp³-hybridized carbons (Fsp3) is 0.227. The summed E-state index contributed by atoms with van der Waals surface area (Å²) >= 11 is 3.23. The van der Waals surface area contributed by atoms with Gasteiger partial charge in [-0.1, -0.05) is 18.2 Å². The molecule has 0 aliphatic rings. The molecular weight excluding hydrogens is 404 g/mol. The molecule has 1 aromatic heterocycles. The molecule has 0 bridgehead atoms. The first-order valence-electron chi connectivity index (χ1n) is 9.19. The van der Waals surface area contributed by atoms with Crippen molar-refractivity contribution in [2.45, 2.75) is 30.5 Å². The van der Waals surface area contributed by atoms with Gasteiger partial charge < -0.3 is 9.64 Å². The van der Waals surface area contributed by atoms with E-state index in [0.717, 1.165) is 22.0 Å². The Kier molecular flexibility index (Phi) is 7.43. The van der Waals surface area contributed by atoms with Crippen LogP contribution in [0.5, 0.6) is 0 Å². The van der Waals surface area contributed by atoms with Crippen LogP contribution in [0.15, 0.2) is 70.4 Å². The van der Waals surface area contributed by atoms with Crippen LogP contribution in [0.3, 0.4) is 0 Å². The molecule has 0 N–H and O–H groups in total. The Balaban J connectivity index is 1.54. The van der Waals surface area contributed by atoms with Crippen molar-refractivity contribution < 1.29 is 14.3 Å². The molecule has 150 valence electrons. The summed E-state index contributed by atoms with van der Waals surface area (Å²) in [5, 5.41) is 2.02. The molecule has 29 heavy (non-hydrogen) atoms. The fourth-order valence-electron chi connectivity index (χ4n) is 2.75. The summed E-state index contributed by atoms with van der Waals surface area (Å²) in [5.74, 6) is 0.0212. The van der Waals surface area contributed by atoms with Gasteiger partial charge in [0.05, 0.1) is 16.8 Å². The van der Waals surface area contributed by atoms with E-state index in [0.29, 0.717) is 5.56 Å². The molecular formula is C22H22N2O3S2. The van der Waals surface area contributed by atoms with Crippen LogP contribution in [-0.4, -0.2) is 29.5 Å². The Morgan fingerprint density at radius 3 is 2.45 bits per heavy atom. The third kappa shape index (κ3) is 5.92. The minimum absolute atomic E-state index is 0.0439. The van der Waals surface area contributed by atoms with E-state index in [2.05, 4.69) is 4.98 Å². The number of nitrogens with zero attached hydrogens (tertiary/aromatic N) is 2. The van der Waals surface area contributed by atoms with Crippen LogP contribution in [-0.2, 0) is 15.3 Å². The number of carbonyl (C=O) groups excluding carboxylic acids is 2. The molecule has 7 heteroatoms. The molecule has 5 nitrogen and oxygen atoms in total. The van der Waals surface area contributed by atoms with E-state index >= 15 is 0 Å². The lowest BCUT2D eigenvalue weighted by Gasteiger charge is -2.26. The zero-order valence-electron chi connectivity index (χ0n) is 16.3. The maximum absolute atomic E-state index is 12.6. The highest BCUT2D eigenvalue weighted by atomic mass is 32.2. The second-order valence-electron chi connectivity index (χ2n) is 6.56. The third-order valence-electron chi connectivity index (χ3n) is 4.11. The summed E-state index contributed by atoms with van der Waals surface area (Å²) in [6.07, 6.45) is 0. The molecule has 0 saturated carbocycles. The summed E-state index contributed by atoms with van der Waals surface area (Å²) in [7, 11) is 0. The van der Waals surface area contributed by atoms with E-state index in [1.807, 2.05) is 67.2 Å². The van der Waals surface area contributed by atoms with E-state index < -0.39 is 5.97 Å². The van der Waals surface area contributed by atoms with Gasteiger partial charge in [-0.3, -0.25) is 4.79 Å². The number of hydrogen-bond donors (Lipinski definition) is 0. The molecule has 0 unspecified atom stereocenters. The SMILES string of the molecule is CC(C)N(C(=O)COC(=O)c1ccc(SCc2cscn2)cc1)c1ccccc1. The normalized spacial score (nSPS) is 10.7. The van der Waals surface area contributed by atoms with Gasteiger partial charge in [0.25, 0.3) is 5.91 Å². The number of anilines is 1. The number of carbonyl (C=O) groups is 2. The molecule has 1 amide bonds. The van der Waals surface area contributed by atoms with Crippen molar-refractivity contribution >= 4 is 40.7 Å². The monoisotopic (exact) mass is 426 g/mol. The predicted octanol–water partition coefficient (Wildman–Crippen LogP) is 5.03. The largest absolute Gasteiger partial charge is 0.452 e. The van der Waals surface area contributed by atoms with E-state index in [9.17, 15) is 9.59 Å². The molecule has 0 radical (unpaired) electrons. The number of thioether (sulfide) groups is 1. The third-order valence-corrected chi connectivity index (χ3v) is 5.79. The molecule has 1 heterocycles.